The Kier molecular flexibility index (Phi) is 11.4. The molecule has 4 N–H and O–H groups in total. The highest BCUT2D eigenvalue weighted by Gasteiger charge is 2.31. The van der Waals surface area contributed by atoms with Gasteiger partial charge in [-0.25, -0.2) is 13.4 Å². The molecule has 0 unspecified atom stereocenters. The van der Waals surface area contributed by atoms with Crippen LogP contribution in [-0.2, 0) is 10.0 Å². The number of sulfonamides is 1. The number of rotatable bonds is 9. The molecule has 0 spiro atoms. The number of anilines is 2. The SMILES string of the molecule is COc1ccc(S(=O)(=O)N2CCC(Nc3nc(NC4CCC(N)CC4)nc4c3ncn4C3CCCC3)CC2)cc1OC.Cl.Cl. The number of methoxy groups -OCH3 is 2. The fourth-order valence-corrected chi connectivity index (χ4v) is 8.02. The van der Waals surface area contributed by atoms with Gasteiger partial charge in [-0.15, -0.1) is 24.8 Å². The second kappa shape index (κ2) is 14.7. The summed E-state index contributed by atoms with van der Waals surface area (Å²) in [5.41, 5.74) is 7.74. The third-order valence-corrected chi connectivity index (χ3v) is 10.9. The zero-order valence-corrected chi connectivity index (χ0v) is 27.7. The summed E-state index contributed by atoms with van der Waals surface area (Å²) in [6.07, 6.45) is 11.9. The summed E-state index contributed by atoms with van der Waals surface area (Å²) in [5.74, 6) is 2.19. The Balaban J connectivity index is 0.00000221. The molecule has 2 aromatic heterocycles. The van der Waals surface area contributed by atoms with Crippen molar-refractivity contribution in [2.45, 2.75) is 93.3 Å². The fourth-order valence-electron chi connectivity index (χ4n) is 6.54. The number of halogens is 2. The number of hydrogen-bond donors (Lipinski definition) is 3. The Labute approximate surface area is 271 Å². The van der Waals surface area contributed by atoms with Gasteiger partial charge in [0.05, 0.1) is 25.4 Å². The van der Waals surface area contributed by atoms with Crippen LogP contribution in [0.15, 0.2) is 29.4 Å². The van der Waals surface area contributed by atoms with Crippen LogP contribution in [0.25, 0.3) is 11.2 Å². The first-order valence-electron chi connectivity index (χ1n) is 15.1. The number of hydrogen-bond acceptors (Lipinski definition) is 10. The molecular formula is C29H44Cl2N8O4S. The van der Waals surface area contributed by atoms with Crippen LogP contribution in [0.2, 0.25) is 0 Å². The van der Waals surface area contributed by atoms with Gasteiger partial charge in [0, 0.05) is 43.3 Å². The molecule has 44 heavy (non-hydrogen) atoms. The van der Waals surface area contributed by atoms with E-state index in [0.29, 0.717) is 61.3 Å². The fraction of sp³-hybridized carbons (Fsp3) is 0.621. The summed E-state index contributed by atoms with van der Waals surface area (Å²) in [7, 11) is -0.649. The Morgan fingerprint density at radius 3 is 2.18 bits per heavy atom. The van der Waals surface area contributed by atoms with Crippen molar-refractivity contribution in [3.05, 3.63) is 24.5 Å². The van der Waals surface area contributed by atoms with Crippen molar-refractivity contribution in [1.29, 1.82) is 0 Å². The van der Waals surface area contributed by atoms with E-state index in [0.717, 1.165) is 49.7 Å². The number of benzene rings is 1. The first-order valence-corrected chi connectivity index (χ1v) is 16.5. The summed E-state index contributed by atoms with van der Waals surface area (Å²) in [5, 5.41) is 7.19. The monoisotopic (exact) mass is 670 g/mol. The number of nitrogens with zero attached hydrogens (tertiary/aromatic N) is 5. The van der Waals surface area contributed by atoms with E-state index in [1.54, 1.807) is 12.1 Å². The van der Waals surface area contributed by atoms with Gasteiger partial charge in [0.1, 0.15) is 0 Å². The number of piperidine rings is 1. The molecule has 15 heteroatoms. The lowest BCUT2D eigenvalue weighted by molar-refractivity contribution is 0.328. The van der Waals surface area contributed by atoms with Crippen LogP contribution >= 0.6 is 24.8 Å². The molecule has 244 valence electrons. The molecule has 3 fully saturated rings. The zero-order chi connectivity index (χ0) is 29.3. The molecular weight excluding hydrogens is 627 g/mol. The van der Waals surface area contributed by atoms with Crippen LogP contribution in [0.5, 0.6) is 11.5 Å². The van der Waals surface area contributed by atoms with Crippen molar-refractivity contribution in [3.63, 3.8) is 0 Å². The largest absolute Gasteiger partial charge is 0.493 e. The number of fused-ring (bicyclic) bond motifs is 1. The Morgan fingerprint density at radius 2 is 1.52 bits per heavy atom. The van der Waals surface area contributed by atoms with E-state index >= 15 is 0 Å². The van der Waals surface area contributed by atoms with E-state index in [1.165, 1.54) is 37.4 Å². The van der Waals surface area contributed by atoms with Gasteiger partial charge in [-0.2, -0.15) is 14.3 Å². The van der Waals surface area contributed by atoms with Crippen molar-refractivity contribution >= 4 is 57.8 Å². The van der Waals surface area contributed by atoms with E-state index in [4.69, 9.17) is 30.2 Å². The topological polar surface area (TPSA) is 150 Å². The van der Waals surface area contributed by atoms with Gasteiger partial charge in [-0.05, 0) is 63.5 Å². The van der Waals surface area contributed by atoms with Gasteiger partial charge in [0.2, 0.25) is 16.0 Å². The minimum atomic E-state index is -3.67. The minimum Gasteiger partial charge on any atom is -0.493 e. The van der Waals surface area contributed by atoms with Crippen molar-refractivity contribution in [3.8, 4) is 11.5 Å². The summed E-state index contributed by atoms with van der Waals surface area (Å²) in [6.45, 7) is 0.791. The number of imidazole rings is 1. The third-order valence-electron chi connectivity index (χ3n) is 9.03. The first kappa shape index (κ1) is 34.3. The van der Waals surface area contributed by atoms with E-state index in [2.05, 4.69) is 15.2 Å². The van der Waals surface area contributed by atoms with Crippen molar-refractivity contribution in [1.82, 2.24) is 23.8 Å². The van der Waals surface area contributed by atoms with Crippen molar-refractivity contribution < 1.29 is 17.9 Å². The highest BCUT2D eigenvalue weighted by molar-refractivity contribution is 7.89. The van der Waals surface area contributed by atoms with Gasteiger partial charge in [-0.3, -0.25) is 0 Å². The van der Waals surface area contributed by atoms with Crippen molar-refractivity contribution in [2.24, 2.45) is 5.73 Å². The normalized spacial score (nSPS) is 21.8. The molecule has 3 aromatic rings. The second-order valence-corrected chi connectivity index (χ2v) is 13.7. The van der Waals surface area contributed by atoms with E-state index in [9.17, 15) is 8.42 Å². The Hall–Kier alpha value is -2.58. The number of ether oxygens (including phenoxy) is 2. The molecule has 0 amide bonds. The molecule has 2 aliphatic carbocycles. The van der Waals surface area contributed by atoms with Gasteiger partial charge >= 0.3 is 0 Å². The summed E-state index contributed by atoms with van der Waals surface area (Å²) in [6, 6.07) is 5.73. The minimum absolute atomic E-state index is 0. The molecule has 3 aliphatic rings. The molecule has 3 heterocycles. The van der Waals surface area contributed by atoms with Gasteiger partial charge in [0.25, 0.3) is 0 Å². The zero-order valence-electron chi connectivity index (χ0n) is 25.3. The van der Waals surface area contributed by atoms with Gasteiger partial charge in [-0.1, -0.05) is 12.8 Å². The first-order chi connectivity index (χ1) is 20.4. The Bertz CT molecular complexity index is 1500. The standard InChI is InChI=1S/C29H42N8O4S.2ClH/c1-40-24-12-11-23(17-25(24)41-2)42(38,39)36-15-13-21(14-16-36)32-27-26-28(37(18-31-26)22-5-3-4-6-22)35-29(34-27)33-20-9-7-19(30)8-10-20;;/h11-12,17-22H,3-10,13-16,30H2,1-2H3,(H2,32,33,34,35);2*1H. The predicted octanol–water partition coefficient (Wildman–Crippen LogP) is 4.75. The van der Waals surface area contributed by atoms with E-state index < -0.39 is 10.0 Å². The van der Waals surface area contributed by atoms with Crippen molar-refractivity contribution in [2.75, 3.05) is 37.9 Å². The molecule has 0 bridgehead atoms. The molecule has 1 saturated heterocycles. The maximum atomic E-state index is 13.4. The van der Waals surface area contributed by atoms with Crippen LogP contribution in [-0.4, -0.2) is 77.7 Å². The second-order valence-electron chi connectivity index (χ2n) is 11.8. The molecule has 2 saturated carbocycles. The summed E-state index contributed by atoms with van der Waals surface area (Å²) in [4.78, 5) is 14.8. The number of nitrogens with one attached hydrogen (secondary N) is 2. The molecule has 6 rings (SSSR count). The predicted molar refractivity (Wildman–Crippen MR) is 176 cm³/mol. The molecule has 0 atom stereocenters. The molecule has 1 aliphatic heterocycles. The summed E-state index contributed by atoms with van der Waals surface area (Å²) >= 11 is 0. The van der Waals surface area contributed by atoms with E-state index in [-0.39, 0.29) is 41.8 Å². The smallest absolute Gasteiger partial charge is 0.243 e. The molecule has 12 nitrogen and oxygen atoms in total. The van der Waals surface area contributed by atoms with Gasteiger partial charge in [0.15, 0.2) is 28.5 Å². The maximum Gasteiger partial charge on any atom is 0.243 e. The molecule has 0 radical (unpaired) electrons. The van der Waals surface area contributed by atoms with Crippen LogP contribution in [0, 0.1) is 0 Å². The third kappa shape index (κ3) is 7.12. The lowest BCUT2D eigenvalue weighted by atomic mass is 9.92. The van der Waals surface area contributed by atoms with Crippen LogP contribution < -0.4 is 25.8 Å². The Morgan fingerprint density at radius 1 is 0.864 bits per heavy atom. The lowest BCUT2D eigenvalue weighted by Crippen LogP contribution is -2.42. The van der Waals surface area contributed by atoms with Crippen LogP contribution in [0.4, 0.5) is 11.8 Å². The average Bonchev–Trinajstić information content (AvgIpc) is 3.69. The lowest BCUT2D eigenvalue weighted by Gasteiger charge is -2.32. The molecule has 1 aromatic carbocycles. The quantitative estimate of drug-likeness (QED) is 0.291. The summed E-state index contributed by atoms with van der Waals surface area (Å²) < 4.78 is 41.2. The highest BCUT2D eigenvalue weighted by Crippen LogP contribution is 2.35. The average molecular weight is 672 g/mol. The highest BCUT2D eigenvalue weighted by atomic mass is 35.5. The van der Waals surface area contributed by atoms with Crippen LogP contribution in [0.1, 0.15) is 70.3 Å². The number of nitrogens with two attached hydrogens (primary N) is 1. The van der Waals surface area contributed by atoms with E-state index in [1.807, 2.05) is 6.33 Å². The number of aromatic nitrogens is 4. The van der Waals surface area contributed by atoms with Gasteiger partial charge < -0.3 is 30.4 Å². The van der Waals surface area contributed by atoms with Crippen LogP contribution in [0.3, 0.4) is 0 Å². The maximum absolute atomic E-state index is 13.4.